The molecule has 2 aromatic carbocycles. The van der Waals surface area contributed by atoms with Crippen LogP contribution < -0.4 is 14.9 Å². The van der Waals surface area contributed by atoms with Gasteiger partial charge in [0, 0.05) is 0 Å². The Morgan fingerprint density at radius 2 is 2.12 bits per heavy atom. The number of terminal acetylenes is 1. The van der Waals surface area contributed by atoms with Gasteiger partial charge in [-0.25, -0.2) is 5.43 Å². The van der Waals surface area contributed by atoms with Crippen molar-refractivity contribution in [1.82, 2.24) is 5.43 Å². The van der Waals surface area contributed by atoms with Crippen LogP contribution in [0.3, 0.4) is 0 Å². The van der Waals surface area contributed by atoms with Crippen molar-refractivity contribution in [2.24, 2.45) is 5.10 Å². The van der Waals surface area contributed by atoms with E-state index in [1.807, 2.05) is 13.0 Å². The number of hydrogen-bond donors (Lipinski definition) is 1. The summed E-state index contributed by atoms with van der Waals surface area (Å²) in [5.74, 6) is 3.06. The first-order valence-electron chi connectivity index (χ1n) is 7.39. The second-order valence-electron chi connectivity index (χ2n) is 5.09. The van der Waals surface area contributed by atoms with Crippen LogP contribution in [0, 0.1) is 19.3 Å². The number of nitrogens with one attached hydrogen (secondary N) is 1. The Hall–Kier alpha value is -2.97. The number of aryl methyl sites for hydroxylation is 1. The molecule has 0 bridgehead atoms. The van der Waals surface area contributed by atoms with Crippen molar-refractivity contribution >= 4 is 23.7 Å². The van der Waals surface area contributed by atoms with Gasteiger partial charge in [0.2, 0.25) is 0 Å². The molecule has 0 aliphatic rings. The number of rotatable bonds is 6. The molecule has 2 rings (SSSR count). The van der Waals surface area contributed by atoms with Gasteiger partial charge in [0.05, 0.1) is 23.9 Å². The lowest BCUT2D eigenvalue weighted by Gasteiger charge is -2.09. The topological polar surface area (TPSA) is 59.9 Å². The molecule has 5 nitrogen and oxygen atoms in total. The van der Waals surface area contributed by atoms with Crippen LogP contribution in [0.4, 0.5) is 0 Å². The van der Waals surface area contributed by atoms with E-state index in [4.69, 9.17) is 27.5 Å². The molecule has 128 valence electrons. The smallest absolute Gasteiger partial charge is 0.272 e. The second kappa shape index (κ2) is 8.76. The van der Waals surface area contributed by atoms with E-state index in [1.54, 1.807) is 30.3 Å². The molecule has 0 saturated heterocycles. The number of carbonyl (C=O) groups excluding carboxylic acids is 1. The van der Waals surface area contributed by atoms with Crippen LogP contribution >= 0.6 is 11.6 Å². The van der Waals surface area contributed by atoms with E-state index in [0.717, 1.165) is 11.1 Å². The van der Waals surface area contributed by atoms with Gasteiger partial charge in [-0.3, -0.25) is 4.79 Å². The molecule has 0 saturated carbocycles. The molecule has 0 spiro atoms. The molecule has 0 unspecified atom stereocenters. The first-order chi connectivity index (χ1) is 12.0. The fourth-order valence-electron chi connectivity index (χ4n) is 2.03. The van der Waals surface area contributed by atoms with Crippen molar-refractivity contribution in [1.29, 1.82) is 0 Å². The molecule has 1 N–H and O–H groups in total. The van der Waals surface area contributed by atoms with Crippen LogP contribution in [0.5, 0.6) is 11.5 Å². The summed E-state index contributed by atoms with van der Waals surface area (Å²) in [7, 11) is 1.53. The Bertz CT molecular complexity index is 841. The number of nitrogens with zero attached hydrogens (tertiary/aromatic N) is 1. The predicted octanol–water partition coefficient (Wildman–Crippen LogP) is 3.43. The minimum Gasteiger partial charge on any atom is -0.493 e. The summed E-state index contributed by atoms with van der Waals surface area (Å²) in [5, 5.41) is 4.32. The highest BCUT2D eigenvalue weighted by Gasteiger charge is 2.09. The molecule has 0 aliphatic carbocycles. The molecule has 6 heteroatoms. The summed E-state index contributed by atoms with van der Waals surface area (Å²) in [5.41, 5.74) is 4.50. The normalized spacial score (nSPS) is 10.3. The van der Waals surface area contributed by atoms with E-state index in [-0.39, 0.29) is 12.5 Å². The first-order valence-corrected chi connectivity index (χ1v) is 7.77. The maximum absolute atomic E-state index is 12.1. The van der Waals surface area contributed by atoms with E-state index in [0.29, 0.717) is 22.1 Å². The van der Waals surface area contributed by atoms with Crippen LogP contribution in [0.1, 0.15) is 21.5 Å². The molecule has 2 aromatic rings. The summed E-state index contributed by atoms with van der Waals surface area (Å²) in [6.07, 6.45) is 6.67. The van der Waals surface area contributed by atoms with Crippen molar-refractivity contribution in [3.63, 3.8) is 0 Å². The van der Waals surface area contributed by atoms with E-state index in [2.05, 4.69) is 16.4 Å². The number of benzene rings is 2. The maximum Gasteiger partial charge on any atom is 0.272 e. The van der Waals surface area contributed by atoms with Crippen LogP contribution in [-0.2, 0) is 0 Å². The van der Waals surface area contributed by atoms with Crippen LogP contribution in [0.15, 0.2) is 41.5 Å². The monoisotopic (exact) mass is 356 g/mol. The standard InChI is InChI=1S/C19H17ClN2O3/c1-4-9-25-17-8-6-14(11-18(17)24-3)12-21-22-19(23)15-7-5-13(2)10-16(15)20/h1,5-8,10-12H,9H2,2-3H3,(H,22,23)/b21-12-. The first kappa shape index (κ1) is 18.4. The average Bonchev–Trinajstić information content (AvgIpc) is 2.60. The van der Waals surface area contributed by atoms with Crippen molar-refractivity contribution in [3.8, 4) is 23.8 Å². The van der Waals surface area contributed by atoms with Gasteiger partial charge < -0.3 is 9.47 Å². The van der Waals surface area contributed by atoms with Gasteiger partial charge in [-0.05, 0) is 48.4 Å². The summed E-state index contributed by atoms with van der Waals surface area (Å²) >= 11 is 6.06. The van der Waals surface area contributed by atoms with Crippen LogP contribution in [0.25, 0.3) is 0 Å². The van der Waals surface area contributed by atoms with Crippen LogP contribution in [0.2, 0.25) is 5.02 Å². The van der Waals surface area contributed by atoms with Gasteiger partial charge in [-0.15, -0.1) is 6.42 Å². The van der Waals surface area contributed by atoms with E-state index in [1.165, 1.54) is 13.3 Å². The Labute approximate surface area is 151 Å². The fraction of sp³-hybridized carbons (Fsp3) is 0.158. The minimum atomic E-state index is -0.387. The molecule has 0 radical (unpaired) electrons. The Morgan fingerprint density at radius 1 is 1.32 bits per heavy atom. The highest BCUT2D eigenvalue weighted by molar-refractivity contribution is 6.33. The number of carbonyl (C=O) groups is 1. The molecule has 0 fully saturated rings. The van der Waals surface area contributed by atoms with E-state index >= 15 is 0 Å². The summed E-state index contributed by atoms with van der Waals surface area (Å²) < 4.78 is 10.6. The third kappa shape index (κ3) is 5.00. The van der Waals surface area contributed by atoms with E-state index < -0.39 is 0 Å². The summed E-state index contributed by atoms with van der Waals surface area (Å²) in [4.78, 5) is 12.1. The largest absolute Gasteiger partial charge is 0.493 e. The Kier molecular flexibility index (Phi) is 6.44. The summed E-state index contributed by atoms with van der Waals surface area (Å²) in [6, 6.07) is 10.4. The van der Waals surface area contributed by atoms with Gasteiger partial charge in [0.25, 0.3) is 5.91 Å². The highest BCUT2D eigenvalue weighted by atomic mass is 35.5. The van der Waals surface area contributed by atoms with E-state index in [9.17, 15) is 4.79 Å². The molecule has 0 aliphatic heterocycles. The Balaban J connectivity index is 2.06. The van der Waals surface area contributed by atoms with Crippen molar-refractivity contribution in [2.45, 2.75) is 6.92 Å². The molecular weight excluding hydrogens is 340 g/mol. The minimum absolute atomic E-state index is 0.150. The van der Waals surface area contributed by atoms with Gasteiger partial charge in [-0.2, -0.15) is 5.10 Å². The van der Waals surface area contributed by atoms with Crippen LogP contribution in [-0.4, -0.2) is 25.8 Å². The second-order valence-corrected chi connectivity index (χ2v) is 5.49. The molecule has 1 amide bonds. The average molecular weight is 357 g/mol. The number of ether oxygens (including phenoxy) is 2. The maximum atomic E-state index is 12.1. The predicted molar refractivity (Wildman–Crippen MR) is 98.6 cm³/mol. The van der Waals surface area contributed by atoms with Crippen molar-refractivity contribution in [3.05, 3.63) is 58.1 Å². The third-order valence-corrected chi connectivity index (χ3v) is 3.56. The quantitative estimate of drug-likeness (QED) is 0.490. The van der Waals surface area contributed by atoms with Gasteiger partial charge in [-0.1, -0.05) is 23.6 Å². The zero-order valence-corrected chi connectivity index (χ0v) is 14.6. The molecule has 0 heterocycles. The zero-order chi connectivity index (χ0) is 18.2. The fourth-order valence-corrected chi connectivity index (χ4v) is 2.35. The van der Waals surface area contributed by atoms with Gasteiger partial charge in [0.15, 0.2) is 11.5 Å². The highest BCUT2D eigenvalue weighted by Crippen LogP contribution is 2.27. The number of methoxy groups -OCH3 is 1. The van der Waals surface area contributed by atoms with Crippen molar-refractivity contribution in [2.75, 3.05) is 13.7 Å². The van der Waals surface area contributed by atoms with Gasteiger partial charge in [0.1, 0.15) is 6.61 Å². The number of hydrogen-bond acceptors (Lipinski definition) is 4. The number of amides is 1. The van der Waals surface area contributed by atoms with Gasteiger partial charge >= 0.3 is 0 Å². The molecular formula is C19H17ClN2O3. The molecule has 25 heavy (non-hydrogen) atoms. The molecule has 0 aromatic heterocycles. The lowest BCUT2D eigenvalue weighted by atomic mass is 10.1. The zero-order valence-electron chi connectivity index (χ0n) is 13.9. The number of hydrazone groups is 1. The lowest BCUT2D eigenvalue weighted by Crippen LogP contribution is -2.18. The Morgan fingerprint density at radius 3 is 2.80 bits per heavy atom. The summed E-state index contributed by atoms with van der Waals surface area (Å²) in [6.45, 7) is 2.05. The van der Waals surface area contributed by atoms with Crippen molar-refractivity contribution < 1.29 is 14.3 Å². The number of halogens is 1. The molecule has 0 atom stereocenters. The SMILES string of the molecule is C#CCOc1ccc(/C=N\NC(=O)c2ccc(C)cc2Cl)cc1OC. The third-order valence-electron chi connectivity index (χ3n) is 3.25. The lowest BCUT2D eigenvalue weighted by molar-refractivity contribution is 0.0955.